The molecule has 0 spiro atoms. The van der Waals surface area contributed by atoms with Gasteiger partial charge in [0.05, 0.1) is 6.61 Å². The SMILES string of the molecule is CCNc1cc(Nc2ccccc2COC)nc(N)n1. The number of rotatable bonds is 6. The van der Waals surface area contributed by atoms with Gasteiger partial charge in [-0.05, 0) is 13.0 Å². The quantitative estimate of drug-likeness (QED) is 0.749. The lowest BCUT2D eigenvalue weighted by molar-refractivity contribution is 0.185. The van der Waals surface area contributed by atoms with Crippen LogP contribution >= 0.6 is 0 Å². The Morgan fingerprint density at radius 2 is 1.95 bits per heavy atom. The average Bonchev–Trinajstić information content (AvgIpc) is 2.41. The van der Waals surface area contributed by atoms with Gasteiger partial charge in [0.1, 0.15) is 11.6 Å². The van der Waals surface area contributed by atoms with Crippen LogP contribution in [0.4, 0.5) is 23.3 Å². The van der Waals surface area contributed by atoms with Gasteiger partial charge in [0.15, 0.2) is 0 Å². The van der Waals surface area contributed by atoms with Gasteiger partial charge in [-0.25, -0.2) is 0 Å². The smallest absolute Gasteiger partial charge is 0.223 e. The van der Waals surface area contributed by atoms with Crippen LogP contribution in [0.3, 0.4) is 0 Å². The van der Waals surface area contributed by atoms with Gasteiger partial charge in [0.25, 0.3) is 0 Å². The monoisotopic (exact) mass is 273 g/mol. The number of nitrogens with one attached hydrogen (secondary N) is 2. The molecule has 0 atom stereocenters. The predicted molar refractivity (Wildman–Crippen MR) is 81.0 cm³/mol. The first-order valence-electron chi connectivity index (χ1n) is 6.45. The van der Waals surface area contributed by atoms with E-state index < -0.39 is 0 Å². The molecule has 1 heterocycles. The van der Waals surface area contributed by atoms with Crippen LogP contribution in [0.25, 0.3) is 0 Å². The highest BCUT2D eigenvalue weighted by atomic mass is 16.5. The van der Waals surface area contributed by atoms with Crippen LogP contribution in [-0.2, 0) is 11.3 Å². The van der Waals surface area contributed by atoms with Gasteiger partial charge in [0, 0.05) is 31.0 Å². The highest BCUT2D eigenvalue weighted by Gasteiger charge is 2.05. The molecule has 0 fully saturated rings. The summed E-state index contributed by atoms with van der Waals surface area (Å²) >= 11 is 0. The second-order valence-electron chi connectivity index (χ2n) is 4.24. The topological polar surface area (TPSA) is 85.1 Å². The first-order valence-corrected chi connectivity index (χ1v) is 6.45. The Hall–Kier alpha value is -2.34. The number of benzene rings is 1. The standard InChI is InChI=1S/C14H19N5O/c1-3-16-12-8-13(19-14(15)18-12)17-11-7-5-4-6-10(11)9-20-2/h4-8H,3,9H2,1-2H3,(H4,15,16,17,18,19). The summed E-state index contributed by atoms with van der Waals surface area (Å²) in [7, 11) is 1.67. The van der Waals surface area contributed by atoms with Crippen LogP contribution < -0.4 is 16.4 Å². The molecule has 0 aliphatic rings. The molecule has 2 aromatic rings. The molecular weight excluding hydrogens is 254 g/mol. The molecule has 0 bridgehead atoms. The summed E-state index contributed by atoms with van der Waals surface area (Å²) in [5, 5.41) is 6.36. The lowest BCUT2D eigenvalue weighted by Gasteiger charge is -2.12. The van der Waals surface area contributed by atoms with Gasteiger partial charge in [-0.15, -0.1) is 0 Å². The maximum absolute atomic E-state index is 5.71. The Balaban J connectivity index is 2.25. The van der Waals surface area contributed by atoms with Crippen LogP contribution in [0.2, 0.25) is 0 Å². The fraction of sp³-hybridized carbons (Fsp3) is 0.286. The average molecular weight is 273 g/mol. The van der Waals surface area contributed by atoms with E-state index in [1.165, 1.54) is 0 Å². The summed E-state index contributed by atoms with van der Waals surface area (Å²) in [6.45, 7) is 3.30. The molecule has 106 valence electrons. The number of anilines is 4. The summed E-state index contributed by atoms with van der Waals surface area (Å²) in [5.41, 5.74) is 7.71. The number of nitrogens with two attached hydrogens (primary N) is 1. The van der Waals surface area contributed by atoms with E-state index in [9.17, 15) is 0 Å². The van der Waals surface area contributed by atoms with Gasteiger partial charge >= 0.3 is 0 Å². The van der Waals surface area contributed by atoms with Gasteiger partial charge < -0.3 is 21.1 Å². The summed E-state index contributed by atoms with van der Waals surface area (Å²) in [4.78, 5) is 8.30. The molecule has 0 aliphatic carbocycles. The highest BCUT2D eigenvalue weighted by molar-refractivity contribution is 5.63. The van der Waals surface area contributed by atoms with Gasteiger partial charge in [-0.1, -0.05) is 18.2 Å². The van der Waals surface area contributed by atoms with Gasteiger partial charge in [0.2, 0.25) is 5.95 Å². The number of methoxy groups -OCH3 is 1. The molecule has 0 amide bonds. The van der Waals surface area contributed by atoms with Crippen molar-refractivity contribution in [1.82, 2.24) is 9.97 Å². The number of aromatic nitrogens is 2. The number of nitrogen functional groups attached to an aromatic ring is 1. The molecule has 0 aliphatic heterocycles. The normalized spacial score (nSPS) is 10.3. The molecule has 2 rings (SSSR count). The lowest BCUT2D eigenvalue weighted by atomic mass is 10.2. The maximum Gasteiger partial charge on any atom is 0.223 e. The first kappa shape index (κ1) is 14.1. The van der Waals surface area contributed by atoms with Crippen molar-refractivity contribution in [3.63, 3.8) is 0 Å². The lowest BCUT2D eigenvalue weighted by Crippen LogP contribution is -2.06. The van der Waals surface area contributed by atoms with Crippen molar-refractivity contribution in [2.45, 2.75) is 13.5 Å². The summed E-state index contributed by atoms with van der Waals surface area (Å²) < 4.78 is 5.18. The molecule has 4 N–H and O–H groups in total. The second kappa shape index (κ2) is 6.72. The van der Waals surface area contributed by atoms with Crippen molar-refractivity contribution in [3.8, 4) is 0 Å². The molecule has 6 nitrogen and oxygen atoms in total. The van der Waals surface area contributed by atoms with Crippen molar-refractivity contribution in [2.24, 2.45) is 0 Å². The minimum absolute atomic E-state index is 0.232. The van der Waals surface area contributed by atoms with Crippen LogP contribution in [0.5, 0.6) is 0 Å². The maximum atomic E-state index is 5.71. The Labute approximate surface area is 118 Å². The molecule has 0 radical (unpaired) electrons. The van der Waals surface area contributed by atoms with Crippen molar-refractivity contribution in [2.75, 3.05) is 30.0 Å². The van der Waals surface area contributed by atoms with Gasteiger partial charge in [-0.2, -0.15) is 9.97 Å². The second-order valence-corrected chi connectivity index (χ2v) is 4.24. The first-order chi connectivity index (χ1) is 9.72. The van der Waals surface area contributed by atoms with E-state index in [0.717, 1.165) is 17.8 Å². The molecule has 6 heteroatoms. The van der Waals surface area contributed by atoms with E-state index in [-0.39, 0.29) is 5.95 Å². The van der Waals surface area contributed by atoms with E-state index in [1.54, 1.807) is 7.11 Å². The zero-order valence-corrected chi connectivity index (χ0v) is 11.7. The summed E-state index contributed by atoms with van der Waals surface area (Å²) in [5.74, 6) is 1.58. The minimum atomic E-state index is 0.232. The van der Waals surface area contributed by atoms with E-state index in [4.69, 9.17) is 10.5 Å². The number of nitrogens with zero attached hydrogens (tertiary/aromatic N) is 2. The molecule has 20 heavy (non-hydrogen) atoms. The van der Waals surface area contributed by atoms with Crippen molar-refractivity contribution in [1.29, 1.82) is 0 Å². The Bertz CT molecular complexity index is 573. The summed E-state index contributed by atoms with van der Waals surface area (Å²) in [6, 6.07) is 9.72. The van der Waals surface area contributed by atoms with E-state index in [0.29, 0.717) is 18.2 Å². The fourth-order valence-corrected chi connectivity index (χ4v) is 1.86. The molecule has 0 unspecified atom stereocenters. The summed E-state index contributed by atoms with van der Waals surface area (Å²) in [6.07, 6.45) is 0. The van der Waals surface area contributed by atoms with E-state index in [1.807, 2.05) is 37.3 Å². The van der Waals surface area contributed by atoms with Crippen molar-refractivity contribution < 1.29 is 4.74 Å². The third-order valence-corrected chi connectivity index (χ3v) is 2.68. The van der Waals surface area contributed by atoms with E-state index in [2.05, 4.69) is 20.6 Å². The van der Waals surface area contributed by atoms with Crippen LogP contribution in [0, 0.1) is 0 Å². The third-order valence-electron chi connectivity index (χ3n) is 2.68. The molecule has 0 saturated heterocycles. The minimum Gasteiger partial charge on any atom is -0.380 e. The zero-order chi connectivity index (χ0) is 14.4. The molecule has 0 saturated carbocycles. The Morgan fingerprint density at radius 1 is 1.20 bits per heavy atom. The number of ether oxygens (including phenoxy) is 1. The van der Waals surface area contributed by atoms with Crippen LogP contribution in [0.15, 0.2) is 30.3 Å². The highest BCUT2D eigenvalue weighted by Crippen LogP contribution is 2.22. The Morgan fingerprint density at radius 3 is 2.70 bits per heavy atom. The fourth-order valence-electron chi connectivity index (χ4n) is 1.86. The largest absolute Gasteiger partial charge is 0.380 e. The number of hydrogen-bond acceptors (Lipinski definition) is 6. The molecule has 1 aromatic carbocycles. The van der Waals surface area contributed by atoms with Crippen LogP contribution in [-0.4, -0.2) is 23.6 Å². The molecular formula is C14H19N5O. The van der Waals surface area contributed by atoms with Crippen molar-refractivity contribution in [3.05, 3.63) is 35.9 Å². The number of hydrogen-bond donors (Lipinski definition) is 3. The predicted octanol–water partition coefficient (Wildman–Crippen LogP) is 2.38. The Kier molecular flexibility index (Phi) is 4.73. The van der Waals surface area contributed by atoms with Crippen LogP contribution in [0.1, 0.15) is 12.5 Å². The molecule has 1 aromatic heterocycles. The van der Waals surface area contributed by atoms with E-state index >= 15 is 0 Å². The number of para-hydroxylation sites is 1. The van der Waals surface area contributed by atoms with Crippen molar-refractivity contribution >= 4 is 23.3 Å². The van der Waals surface area contributed by atoms with Gasteiger partial charge in [-0.3, -0.25) is 0 Å². The third kappa shape index (κ3) is 3.58. The zero-order valence-electron chi connectivity index (χ0n) is 11.7.